The molecule has 0 bridgehead atoms. The number of rotatable bonds is 5. The van der Waals surface area contributed by atoms with E-state index in [1.165, 1.54) is 0 Å². The van der Waals surface area contributed by atoms with E-state index in [4.69, 9.17) is 10.5 Å². The van der Waals surface area contributed by atoms with Crippen molar-refractivity contribution in [2.75, 3.05) is 6.54 Å². The Morgan fingerprint density at radius 3 is 2.42 bits per heavy atom. The van der Waals surface area contributed by atoms with Crippen LogP contribution in [0.15, 0.2) is 0 Å². The summed E-state index contributed by atoms with van der Waals surface area (Å²) >= 11 is 0. The molecular weight excluding hydrogens is 270 g/mol. The fourth-order valence-corrected chi connectivity index (χ4v) is 2.87. The molecule has 7 nitrogen and oxygen atoms in total. The van der Waals surface area contributed by atoms with Crippen molar-refractivity contribution >= 4 is 16.3 Å². The van der Waals surface area contributed by atoms with Crippen LogP contribution in [-0.4, -0.2) is 32.7 Å². The quantitative estimate of drug-likeness (QED) is 0.688. The molecule has 1 amide bonds. The maximum Gasteiger partial charge on any atom is 0.422 e. The van der Waals surface area contributed by atoms with E-state index in [1.54, 1.807) is 18.6 Å². The van der Waals surface area contributed by atoms with Crippen LogP contribution >= 0.6 is 0 Å². The summed E-state index contributed by atoms with van der Waals surface area (Å²) in [6.45, 7) is 3.39. The maximum atomic E-state index is 11.6. The second kappa shape index (κ2) is 6.53. The molecule has 0 heterocycles. The van der Waals surface area contributed by atoms with Crippen molar-refractivity contribution in [3.63, 3.8) is 0 Å². The van der Waals surface area contributed by atoms with E-state index >= 15 is 0 Å². The topological polar surface area (TPSA) is 111 Å². The number of nitrogens with one attached hydrogen (secondary N) is 2. The summed E-state index contributed by atoms with van der Waals surface area (Å²) in [6.07, 6.45) is 3.33. The highest BCUT2D eigenvalue weighted by Gasteiger charge is 2.29. The maximum absolute atomic E-state index is 11.6. The highest BCUT2D eigenvalue weighted by molar-refractivity contribution is 7.88. The Kier molecular flexibility index (Phi) is 5.57. The lowest BCUT2D eigenvalue weighted by Gasteiger charge is -2.33. The van der Waals surface area contributed by atoms with Crippen LogP contribution in [0.4, 0.5) is 4.79 Å². The Labute approximate surface area is 114 Å². The monoisotopic (exact) mass is 293 g/mol. The molecular formula is C11H23N3O4S. The molecule has 0 spiro atoms. The lowest BCUT2D eigenvalue weighted by Crippen LogP contribution is -2.53. The second-order valence-corrected chi connectivity index (χ2v) is 6.80. The number of hydrogen-bond donors (Lipinski definition) is 3. The molecule has 0 aromatic heterocycles. The van der Waals surface area contributed by atoms with E-state index in [-0.39, 0.29) is 12.6 Å². The molecule has 1 aliphatic carbocycles. The van der Waals surface area contributed by atoms with Gasteiger partial charge in [0, 0.05) is 12.1 Å². The fourth-order valence-electron chi connectivity index (χ4n) is 2.06. The Balaban J connectivity index is 2.44. The normalized spacial score (nSPS) is 19.2. The van der Waals surface area contributed by atoms with Crippen LogP contribution in [0.5, 0.6) is 0 Å². The van der Waals surface area contributed by atoms with E-state index in [0.29, 0.717) is 0 Å². The van der Waals surface area contributed by atoms with Crippen LogP contribution < -0.4 is 15.2 Å². The minimum atomic E-state index is -3.92. The van der Waals surface area contributed by atoms with E-state index in [0.717, 1.165) is 32.1 Å². The molecule has 0 saturated heterocycles. The predicted octanol–water partition coefficient (Wildman–Crippen LogP) is 0.617. The molecule has 19 heavy (non-hydrogen) atoms. The molecule has 0 unspecified atom stereocenters. The van der Waals surface area contributed by atoms with Gasteiger partial charge in [0.15, 0.2) is 0 Å². The Bertz CT molecular complexity index is 402. The van der Waals surface area contributed by atoms with Crippen molar-refractivity contribution in [2.24, 2.45) is 5.73 Å². The third kappa shape index (κ3) is 6.22. The average Bonchev–Trinajstić information content (AvgIpc) is 2.26. The van der Waals surface area contributed by atoms with Gasteiger partial charge in [0.2, 0.25) is 0 Å². The Hall–Kier alpha value is -0.860. The third-order valence-electron chi connectivity index (χ3n) is 3.02. The standard InChI is InChI=1S/C11H23N3O4S/c1-9(2)18-10(15)14-19(16,17)13-8-11(12)6-4-3-5-7-11/h9,13H,3-8,12H2,1-2H3,(H,14,15). The van der Waals surface area contributed by atoms with Gasteiger partial charge in [0.1, 0.15) is 0 Å². The zero-order valence-electron chi connectivity index (χ0n) is 11.4. The molecule has 1 aliphatic rings. The van der Waals surface area contributed by atoms with Crippen LogP contribution in [-0.2, 0) is 14.9 Å². The molecule has 0 aromatic carbocycles. The van der Waals surface area contributed by atoms with Crippen molar-refractivity contribution in [3.8, 4) is 0 Å². The molecule has 1 fully saturated rings. The first-order valence-electron chi connectivity index (χ1n) is 6.49. The van der Waals surface area contributed by atoms with Crippen molar-refractivity contribution in [1.82, 2.24) is 9.44 Å². The fraction of sp³-hybridized carbons (Fsp3) is 0.909. The van der Waals surface area contributed by atoms with Crippen molar-refractivity contribution in [1.29, 1.82) is 0 Å². The molecule has 0 atom stereocenters. The van der Waals surface area contributed by atoms with Gasteiger partial charge in [0.25, 0.3) is 0 Å². The van der Waals surface area contributed by atoms with E-state index < -0.39 is 21.8 Å². The summed E-state index contributed by atoms with van der Waals surface area (Å²) in [5.74, 6) is 0. The zero-order chi connectivity index (χ0) is 14.5. The van der Waals surface area contributed by atoms with Gasteiger partial charge < -0.3 is 10.5 Å². The van der Waals surface area contributed by atoms with Gasteiger partial charge in [-0.2, -0.15) is 13.1 Å². The highest BCUT2D eigenvalue weighted by atomic mass is 32.2. The van der Waals surface area contributed by atoms with Gasteiger partial charge in [-0.1, -0.05) is 19.3 Å². The summed E-state index contributed by atoms with van der Waals surface area (Å²) in [6, 6.07) is 0. The average molecular weight is 293 g/mol. The summed E-state index contributed by atoms with van der Waals surface area (Å²) in [5.41, 5.74) is 5.59. The highest BCUT2D eigenvalue weighted by Crippen LogP contribution is 2.25. The predicted molar refractivity (Wildman–Crippen MR) is 71.7 cm³/mol. The molecule has 1 saturated carbocycles. The van der Waals surface area contributed by atoms with Crippen LogP contribution in [0, 0.1) is 0 Å². The van der Waals surface area contributed by atoms with Crippen molar-refractivity contribution in [3.05, 3.63) is 0 Å². The van der Waals surface area contributed by atoms with Gasteiger partial charge in [-0.15, -0.1) is 0 Å². The number of nitrogens with two attached hydrogens (primary N) is 1. The van der Waals surface area contributed by atoms with Gasteiger partial charge >= 0.3 is 16.3 Å². The number of carbonyl (C=O) groups is 1. The molecule has 0 radical (unpaired) electrons. The lowest BCUT2D eigenvalue weighted by atomic mass is 9.83. The zero-order valence-corrected chi connectivity index (χ0v) is 12.3. The smallest absolute Gasteiger partial charge is 0.422 e. The Morgan fingerprint density at radius 2 is 1.89 bits per heavy atom. The first kappa shape index (κ1) is 16.2. The summed E-state index contributed by atoms with van der Waals surface area (Å²) in [5, 5.41) is 0. The van der Waals surface area contributed by atoms with Crippen LogP contribution in [0.2, 0.25) is 0 Å². The minimum Gasteiger partial charge on any atom is -0.446 e. The van der Waals surface area contributed by atoms with E-state index in [2.05, 4.69) is 4.72 Å². The van der Waals surface area contributed by atoms with E-state index in [9.17, 15) is 13.2 Å². The van der Waals surface area contributed by atoms with E-state index in [1.807, 2.05) is 0 Å². The molecule has 0 aliphatic heterocycles. The molecule has 4 N–H and O–H groups in total. The SMILES string of the molecule is CC(C)OC(=O)NS(=O)(=O)NCC1(N)CCCCC1. The summed E-state index contributed by atoms with van der Waals surface area (Å²) in [7, 11) is -3.92. The first-order valence-corrected chi connectivity index (χ1v) is 7.98. The Morgan fingerprint density at radius 1 is 1.32 bits per heavy atom. The van der Waals surface area contributed by atoms with Crippen LogP contribution in [0.3, 0.4) is 0 Å². The van der Waals surface area contributed by atoms with Gasteiger partial charge in [-0.25, -0.2) is 9.52 Å². The van der Waals surface area contributed by atoms with Crippen LogP contribution in [0.25, 0.3) is 0 Å². The lowest BCUT2D eigenvalue weighted by molar-refractivity contribution is 0.121. The van der Waals surface area contributed by atoms with Crippen molar-refractivity contribution < 1.29 is 17.9 Å². The van der Waals surface area contributed by atoms with Gasteiger partial charge in [0.05, 0.1) is 6.10 Å². The minimum absolute atomic E-state index is 0.122. The van der Waals surface area contributed by atoms with Gasteiger partial charge in [-0.05, 0) is 26.7 Å². The number of carbonyl (C=O) groups excluding carboxylic acids is 1. The molecule has 0 aromatic rings. The van der Waals surface area contributed by atoms with Crippen LogP contribution in [0.1, 0.15) is 46.0 Å². The van der Waals surface area contributed by atoms with Crippen molar-refractivity contribution in [2.45, 2.75) is 57.6 Å². The largest absolute Gasteiger partial charge is 0.446 e. The second-order valence-electron chi connectivity index (χ2n) is 5.30. The summed E-state index contributed by atoms with van der Waals surface area (Å²) in [4.78, 5) is 11.2. The first-order chi connectivity index (χ1) is 8.72. The molecule has 112 valence electrons. The number of hydrogen-bond acceptors (Lipinski definition) is 5. The molecule has 8 heteroatoms. The third-order valence-corrected chi connectivity index (χ3v) is 3.98. The molecule has 1 rings (SSSR count). The number of amides is 1. The summed E-state index contributed by atoms with van der Waals surface area (Å²) < 4.78 is 32.1. The number of ether oxygens (including phenoxy) is 1. The van der Waals surface area contributed by atoms with Gasteiger partial charge in [-0.3, -0.25) is 0 Å².